The van der Waals surface area contributed by atoms with Crippen LogP contribution in [0.5, 0.6) is 0 Å². The normalized spacial score (nSPS) is 10.7. The minimum Gasteiger partial charge on any atom is -0.464 e. The van der Waals surface area contributed by atoms with Gasteiger partial charge in [0.05, 0.1) is 23.9 Å². The fourth-order valence-corrected chi connectivity index (χ4v) is 1.91. The molecule has 0 spiro atoms. The fourth-order valence-electron chi connectivity index (χ4n) is 1.91. The summed E-state index contributed by atoms with van der Waals surface area (Å²) in [5.74, 6) is 0.824. The molecule has 0 aliphatic heterocycles. The SMILES string of the molecule is Cc1cccc(CNc2nccc3occc23)n1. The van der Waals surface area contributed by atoms with Gasteiger partial charge in [0.2, 0.25) is 0 Å². The van der Waals surface area contributed by atoms with Crippen LogP contribution in [0.2, 0.25) is 0 Å². The van der Waals surface area contributed by atoms with Gasteiger partial charge < -0.3 is 9.73 Å². The summed E-state index contributed by atoms with van der Waals surface area (Å²) < 4.78 is 5.33. The van der Waals surface area contributed by atoms with Gasteiger partial charge in [-0.25, -0.2) is 4.98 Å². The number of hydrogen-bond acceptors (Lipinski definition) is 4. The number of nitrogens with zero attached hydrogens (tertiary/aromatic N) is 2. The van der Waals surface area contributed by atoms with E-state index < -0.39 is 0 Å². The first-order valence-corrected chi connectivity index (χ1v) is 5.81. The van der Waals surface area contributed by atoms with Gasteiger partial charge in [-0.05, 0) is 31.2 Å². The number of hydrogen-bond donors (Lipinski definition) is 1. The molecule has 3 aromatic rings. The zero-order valence-electron chi connectivity index (χ0n) is 10.1. The molecule has 3 heterocycles. The summed E-state index contributed by atoms with van der Waals surface area (Å²) in [5, 5.41) is 4.27. The first kappa shape index (κ1) is 10.8. The molecule has 0 aromatic carbocycles. The third kappa shape index (κ3) is 2.05. The smallest absolute Gasteiger partial charge is 0.139 e. The van der Waals surface area contributed by atoms with Gasteiger partial charge in [0.15, 0.2) is 0 Å². The highest BCUT2D eigenvalue weighted by molar-refractivity contribution is 5.87. The van der Waals surface area contributed by atoms with Crippen molar-refractivity contribution < 1.29 is 4.42 Å². The lowest BCUT2D eigenvalue weighted by Crippen LogP contribution is -2.03. The maximum atomic E-state index is 5.33. The van der Waals surface area contributed by atoms with E-state index in [1.807, 2.05) is 37.3 Å². The van der Waals surface area contributed by atoms with Gasteiger partial charge in [-0.1, -0.05) is 6.07 Å². The minimum atomic E-state index is 0.652. The van der Waals surface area contributed by atoms with E-state index in [2.05, 4.69) is 15.3 Å². The standard InChI is InChI=1S/C14H13N3O/c1-10-3-2-4-11(17-10)9-16-14-12-6-8-18-13(12)5-7-15-14/h2-8H,9H2,1H3,(H,15,16). The van der Waals surface area contributed by atoms with Crippen LogP contribution in [0.4, 0.5) is 5.82 Å². The Balaban J connectivity index is 1.83. The van der Waals surface area contributed by atoms with Crippen LogP contribution in [0.25, 0.3) is 11.0 Å². The fraction of sp³-hybridized carbons (Fsp3) is 0.143. The average Bonchev–Trinajstić information content (AvgIpc) is 2.85. The predicted octanol–water partition coefficient (Wildman–Crippen LogP) is 3.14. The minimum absolute atomic E-state index is 0.652. The molecule has 0 atom stereocenters. The van der Waals surface area contributed by atoms with E-state index in [0.29, 0.717) is 6.54 Å². The molecule has 3 aromatic heterocycles. The molecule has 18 heavy (non-hydrogen) atoms. The van der Waals surface area contributed by atoms with Gasteiger partial charge in [0, 0.05) is 11.9 Å². The Morgan fingerprint density at radius 3 is 3.06 bits per heavy atom. The van der Waals surface area contributed by atoms with Crippen LogP contribution in [-0.2, 0) is 6.54 Å². The van der Waals surface area contributed by atoms with Crippen LogP contribution in [0.1, 0.15) is 11.4 Å². The van der Waals surface area contributed by atoms with E-state index in [9.17, 15) is 0 Å². The Labute approximate surface area is 105 Å². The first-order valence-electron chi connectivity index (χ1n) is 5.81. The van der Waals surface area contributed by atoms with Crippen LogP contribution in [0.3, 0.4) is 0 Å². The molecule has 0 bridgehead atoms. The van der Waals surface area contributed by atoms with E-state index in [1.165, 1.54) is 0 Å². The number of anilines is 1. The van der Waals surface area contributed by atoms with Crippen LogP contribution >= 0.6 is 0 Å². The summed E-state index contributed by atoms with van der Waals surface area (Å²) in [4.78, 5) is 8.76. The van der Waals surface area contributed by atoms with Gasteiger partial charge in [0.1, 0.15) is 11.4 Å². The quantitative estimate of drug-likeness (QED) is 0.762. The largest absolute Gasteiger partial charge is 0.464 e. The number of furan rings is 1. The summed E-state index contributed by atoms with van der Waals surface area (Å²) in [7, 11) is 0. The topological polar surface area (TPSA) is 51.0 Å². The van der Waals surface area contributed by atoms with E-state index in [-0.39, 0.29) is 0 Å². The van der Waals surface area contributed by atoms with Crippen molar-refractivity contribution in [3.8, 4) is 0 Å². The number of nitrogens with one attached hydrogen (secondary N) is 1. The molecule has 0 saturated carbocycles. The van der Waals surface area contributed by atoms with Crippen LogP contribution in [0, 0.1) is 6.92 Å². The molecule has 0 aliphatic rings. The van der Waals surface area contributed by atoms with Gasteiger partial charge in [0.25, 0.3) is 0 Å². The van der Waals surface area contributed by atoms with Crippen molar-refractivity contribution >= 4 is 16.8 Å². The van der Waals surface area contributed by atoms with Crippen LogP contribution in [-0.4, -0.2) is 9.97 Å². The van der Waals surface area contributed by atoms with Crippen molar-refractivity contribution in [3.05, 3.63) is 54.2 Å². The molecular formula is C14H13N3O. The second-order valence-electron chi connectivity index (χ2n) is 4.12. The third-order valence-corrected chi connectivity index (χ3v) is 2.76. The maximum absolute atomic E-state index is 5.33. The Bertz CT molecular complexity index is 675. The molecule has 4 heteroatoms. The molecule has 0 radical (unpaired) electrons. The van der Waals surface area contributed by atoms with Gasteiger partial charge in [-0.3, -0.25) is 4.98 Å². The van der Waals surface area contributed by atoms with Crippen LogP contribution in [0.15, 0.2) is 47.2 Å². The van der Waals surface area contributed by atoms with Crippen molar-refractivity contribution in [3.63, 3.8) is 0 Å². The third-order valence-electron chi connectivity index (χ3n) is 2.76. The lowest BCUT2D eigenvalue weighted by Gasteiger charge is -2.06. The summed E-state index contributed by atoms with van der Waals surface area (Å²) in [6, 6.07) is 9.75. The van der Waals surface area contributed by atoms with Crippen molar-refractivity contribution in [2.75, 3.05) is 5.32 Å². The van der Waals surface area contributed by atoms with E-state index in [1.54, 1.807) is 12.5 Å². The Morgan fingerprint density at radius 2 is 2.17 bits per heavy atom. The monoisotopic (exact) mass is 239 g/mol. The van der Waals surface area contributed by atoms with Gasteiger partial charge in [-0.2, -0.15) is 0 Å². The maximum Gasteiger partial charge on any atom is 0.139 e. The lowest BCUT2D eigenvalue weighted by molar-refractivity contribution is 0.615. The van der Waals surface area contributed by atoms with E-state index in [4.69, 9.17) is 4.42 Å². The predicted molar refractivity (Wildman–Crippen MR) is 70.3 cm³/mol. The summed E-state index contributed by atoms with van der Waals surface area (Å²) in [6.45, 7) is 2.64. The van der Waals surface area contributed by atoms with Crippen molar-refractivity contribution in [1.29, 1.82) is 0 Å². The Morgan fingerprint density at radius 1 is 1.22 bits per heavy atom. The molecule has 90 valence electrons. The second-order valence-corrected chi connectivity index (χ2v) is 4.12. The molecular weight excluding hydrogens is 226 g/mol. The van der Waals surface area contributed by atoms with Crippen molar-refractivity contribution in [2.45, 2.75) is 13.5 Å². The van der Waals surface area contributed by atoms with E-state index in [0.717, 1.165) is 28.2 Å². The number of aromatic nitrogens is 2. The molecule has 0 unspecified atom stereocenters. The number of aryl methyl sites for hydroxylation is 1. The van der Waals surface area contributed by atoms with Gasteiger partial charge >= 0.3 is 0 Å². The van der Waals surface area contributed by atoms with Crippen LogP contribution < -0.4 is 5.32 Å². The molecule has 0 fully saturated rings. The summed E-state index contributed by atoms with van der Waals surface area (Å²) in [5.41, 5.74) is 2.85. The first-order chi connectivity index (χ1) is 8.83. The zero-order chi connectivity index (χ0) is 12.4. The Hall–Kier alpha value is -2.36. The number of fused-ring (bicyclic) bond motifs is 1. The average molecular weight is 239 g/mol. The van der Waals surface area contributed by atoms with E-state index >= 15 is 0 Å². The highest BCUT2D eigenvalue weighted by Crippen LogP contribution is 2.21. The number of rotatable bonds is 3. The van der Waals surface area contributed by atoms with Gasteiger partial charge in [-0.15, -0.1) is 0 Å². The molecule has 0 saturated heterocycles. The highest BCUT2D eigenvalue weighted by atomic mass is 16.3. The molecule has 3 rings (SSSR count). The highest BCUT2D eigenvalue weighted by Gasteiger charge is 2.04. The lowest BCUT2D eigenvalue weighted by atomic mass is 10.3. The number of pyridine rings is 2. The molecule has 0 aliphatic carbocycles. The van der Waals surface area contributed by atoms with Crippen molar-refractivity contribution in [1.82, 2.24) is 9.97 Å². The molecule has 1 N–H and O–H groups in total. The summed E-state index contributed by atoms with van der Waals surface area (Å²) >= 11 is 0. The molecule has 4 nitrogen and oxygen atoms in total. The summed E-state index contributed by atoms with van der Waals surface area (Å²) in [6.07, 6.45) is 3.40. The Kier molecular flexibility index (Phi) is 2.68. The zero-order valence-corrected chi connectivity index (χ0v) is 10.1. The second kappa shape index (κ2) is 4.49. The molecule has 0 amide bonds. The van der Waals surface area contributed by atoms with Crippen molar-refractivity contribution in [2.24, 2.45) is 0 Å².